The second-order valence-electron chi connectivity index (χ2n) is 4.68. The molecule has 2 nitrogen and oxygen atoms in total. The summed E-state index contributed by atoms with van der Waals surface area (Å²) in [5, 5.41) is 10.0. The van der Waals surface area contributed by atoms with Crippen molar-refractivity contribution >= 4 is 0 Å². The molecule has 3 N–H and O–H groups in total. The van der Waals surface area contributed by atoms with E-state index < -0.39 is 0 Å². The smallest absolute Gasteiger partial charge is 0.0611 e. The van der Waals surface area contributed by atoms with Crippen LogP contribution in [0.1, 0.15) is 46.0 Å². The van der Waals surface area contributed by atoms with E-state index in [0.29, 0.717) is 12.5 Å². The van der Waals surface area contributed by atoms with E-state index in [1.165, 1.54) is 6.42 Å². The number of aliphatic hydroxyl groups is 1. The van der Waals surface area contributed by atoms with Crippen LogP contribution in [0.25, 0.3) is 0 Å². The molecule has 0 heterocycles. The van der Waals surface area contributed by atoms with Gasteiger partial charge in [0.25, 0.3) is 0 Å². The lowest BCUT2D eigenvalue weighted by Gasteiger charge is -2.45. The van der Waals surface area contributed by atoms with Crippen molar-refractivity contribution in [3.63, 3.8) is 0 Å². The molecular formula is C11H23NO. The van der Waals surface area contributed by atoms with E-state index in [9.17, 15) is 5.11 Å². The van der Waals surface area contributed by atoms with Gasteiger partial charge in [0.15, 0.2) is 0 Å². The molecule has 0 spiro atoms. The van der Waals surface area contributed by atoms with E-state index in [1.807, 2.05) is 0 Å². The molecule has 0 amide bonds. The van der Waals surface area contributed by atoms with Gasteiger partial charge in [0, 0.05) is 12.0 Å². The zero-order valence-corrected chi connectivity index (χ0v) is 8.92. The molecule has 1 aliphatic rings. The highest BCUT2D eigenvalue weighted by atomic mass is 16.3. The van der Waals surface area contributed by atoms with Gasteiger partial charge >= 0.3 is 0 Å². The fourth-order valence-electron chi connectivity index (χ4n) is 2.10. The molecule has 0 aromatic heterocycles. The summed E-state index contributed by atoms with van der Waals surface area (Å²) in [6, 6.07) is 0. The van der Waals surface area contributed by atoms with Crippen molar-refractivity contribution in [3.8, 4) is 0 Å². The summed E-state index contributed by atoms with van der Waals surface area (Å²) in [6.07, 6.45) is 5.41. The number of nitrogens with two attached hydrogens (primary N) is 1. The average Bonchev–Trinajstić information content (AvgIpc) is 2.03. The Morgan fingerprint density at radius 2 is 2.08 bits per heavy atom. The quantitative estimate of drug-likeness (QED) is 0.687. The highest BCUT2D eigenvalue weighted by Crippen LogP contribution is 2.44. The van der Waals surface area contributed by atoms with Gasteiger partial charge in [-0.05, 0) is 25.2 Å². The maximum absolute atomic E-state index is 10.0. The summed E-state index contributed by atoms with van der Waals surface area (Å²) in [5.41, 5.74) is 5.81. The standard InChI is InChI=1S/C11H23NO/c1-3-9(2)7-10(13)11(8-12)5-4-6-11/h9-10,13H,3-8,12H2,1-2H3. The van der Waals surface area contributed by atoms with E-state index in [2.05, 4.69) is 13.8 Å². The van der Waals surface area contributed by atoms with Crippen LogP contribution in [-0.4, -0.2) is 17.8 Å². The fourth-order valence-corrected chi connectivity index (χ4v) is 2.10. The van der Waals surface area contributed by atoms with Crippen LogP contribution in [0.3, 0.4) is 0 Å². The maximum Gasteiger partial charge on any atom is 0.0611 e. The van der Waals surface area contributed by atoms with Crippen LogP contribution in [0.5, 0.6) is 0 Å². The van der Waals surface area contributed by atoms with Crippen molar-refractivity contribution in [2.75, 3.05) is 6.54 Å². The summed E-state index contributed by atoms with van der Waals surface area (Å²) in [5.74, 6) is 0.624. The Morgan fingerprint density at radius 1 is 1.46 bits per heavy atom. The van der Waals surface area contributed by atoms with Crippen LogP contribution < -0.4 is 5.73 Å². The van der Waals surface area contributed by atoms with Crippen molar-refractivity contribution in [3.05, 3.63) is 0 Å². The Morgan fingerprint density at radius 3 is 2.38 bits per heavy atom. The summed E-state index contributed by atoms with van der Waals surface area (Å²) in [4.78, 5) is 0. The molecule has 2 heteroatoms. The minimum absolute atomic E-state index is 0.0867. The van der Waals surface area contributed by atoms with Crippen molar-refractivity contribution in [2.24, 2.45) is 17.1 Å². The predicted molar refractivity (Wildman–Crippen MR) is 55.4 cm³/mol. The average molecular weight is 185 g/mol. The van der Waals surface area contributed by atoms with Gasteiger partial charge in [-0.2, -0.15) is 0 Å². The molecule has 1 aliphatic carbocycles. The van der Waals surface area contributed by atoms with Crippen molar-refractivity contribution in [1.82, 2.24) is 0 Å². The number of aliphatic hydroxyl groups excluding tert-OH is 1. The molecule has 0 bridgehead atoms. The first-order valence-corrected chi connectivity index (χ1v) is 5.52. The van der Waals surface area contributed by atoms with Gasteiger partial charge in [0.05, 0.1) is 6.10 Å². The third-order valence-corrected chi connectivity index (χ3v) is 3.79. The Labute approximate surface area is 81.5 Å². The van der Waals surface area contributed by atoms with E-state index in [1.54, 1.807) is 0 Å². The Bertz CT molecular complexity index is 149. The van der Waals surface area contributed by atoms with E-state index in [0.717, 1.165) is 25.7 Å². The number of rotatable bonds is 5. The van der Waals surface area contributed by atoms with Gasteiger partial charge in [-0.15, -0.1) is 0 Å². The van der Waals surface area contributed by atoms with Crippen molar-refractivity contribution in [1.29, 1.82) is 0 Å². The Balaban J connectivity index is 2.40. The zero-order chi connectivity index (χ0) is 9.90. The first kappa shape index (κ1) is 11.0. The Kier molecular flexibility index (Phi) is 3.74. The van der Waals surface area contributed by atoms with Crippen LogP contribution in [0.15, 0.2) is 0 Å². The van der Waals surface area contributed by atoms with Gasteiger partial charge in [0.1, 0.15) is 0 Å². The van der Waals surface area contributed by atoms with Crippen LogP contribution in [0, 0.1) is 11.3 Å². The first-order chi connectivity index (χ1) is 6.14. The Hall–Kier alpha value is -0.0800. The molecule has 1 saturated carbocycles. The first-order valence-electron chi connectivity index (χ1n) is 5.52. The largest absolute Gasteiger partial charge is 0.392 e. The molecule has 0 aromatic carbocycles. The molecule has 0 radical (unpaired) electrons. The maximum atomic E-state index is 10.0. The molecule has 13 heavy (non-hydrogen) atoms. The molecular weight excluding hydrogens is 162 g/mol. The zero-order valence-electron chi connectivity index (χ0n) is 8.92. The van der Waals surface area contributed by atoms with E-state index in [4.69, 9.17) is 5.73 Å². The topological polar surface area (TPSA) is 46.2 Å². The lowest BCUT2D eigenvalue weighted by atomic mass is 9.63. The minimum Gasteiger partial charge on any atom is -0.392 e. The van der Waals surface area contributed by atoms with Crippen LogP contribution >= 0.6 is 0 Å². The SMILES string of the molecule is CCC(C)CC(O)C1(CN)CCC1. The van der Waals surface area contributed by atoms with E-state index in [-0.39, 0.29) is 11.5 Å². The summed E-state index contributed by atoms with van der Waals surface area (Å²) in [7, 11) is 0. The summed E-state index contributed by atoms with van der Waals surface area (Å²) in [6.45, 7) is 5.03. The van der Waals surface area contributed by atoms with Gasteiger partial charge in [-0.3, -0.25) is 0 Å². The van der Waals surface area contributed by atoms with Gasteiger partial charge in [0.2, 0.25) is 0 Å². The predicted octanol–water partition coefficient (Wildman–Crippen LogP) is 1.91. The molecule has 0 saturated heterocycles. The lowest BCUT2D eigenvalue weighted by molar-refractivity contribution is -0.0397. The molecule has 2 atom stereocenters. The molecule has 1 fully saturated rings. The normalized spacial score (nSPS) is 24.9. The van der Waals surface area contributed by atoms with Crippen LogP contribution in [0.2, 0.25) is 0 Å². The minimum atomic E-state index is -0.166. The van der Waals surface area contributed by atoms with Crippen LogP contribution in [-0.2, 0) is 0 Å². The monoisotopic (exact) mass is 185 g/mol. The lowest BCUT2D eigenvalue weighted by Crippen LogP contribution is -2.47. The highest BCUT2D eigenvalue weighted by Gasteiger charge is 2.42. The fraction of sp³-hybridized carbons (Fsp3) is 1.00. The molecule has 2 unspecified atom stereocenters. The molecule has 78 valence electrons. The van der Waals surface area contributed by atoms with Gasteiger partial charge in [-0.25, -0.2) is 0 Å². The van der Waals surface area contributed by atoms with Gasteiger partial charge < -0.3 is 10.8 Å². The van der Waals surface area contributed by atoms with Crippen molar-refractivity contribution in [2.45, 2.75) is 52.1 Å². The summed E-state index contributed by atoms with van der Waals surface area (Å²) >= 11 is 0. The number of hydrogen-bond acceptors (Lipinski definition) is 2. The third kappa shape index (κ3) is 2.23. The second kappa shape index (κ2) is 4.43. The third-order valence-electron chi connectivity index (χ3n) is 3.79. The van der Waals surface area contributed by atoms with Crippen molar-refractivity contribution < 1.29 is 5.11 Å². The molecule has 0 aromatic rings. The molecule has 0 aliphatic heterocycles. The van der Waals surface area contributed by atoms with Crippen LogP contribution in [0.4, 0.5) is 0 Å². The van der Waals surface area contributed by atoms with E-state index >= 15 is 0 Å². The van der Waals surface area contributed by atoms with Gasteiger partial charge in [-0.1, -0.05) is 26.7 Å². The summed E-state index contributed by atoms with van der Waals surface area (Å²) < 4.78 is 0. The number of hydrogen-bond donors (Lipinski definition) is 2. The molecule has 1 rings (SSSR count). The highest BCUT2D eigenvalue weighted by molar-refractivity contribution is 4.94. The second-order valence-corrected chi connectivity index (χ2v) is 4.68.